The largest absolute Gasteiger partial charge is 0.492 e. The van der Waals surface area contributed by atoms with Crippen LogP contribution in [-0.4, -0.2) is 23.6 Å². The Kier molecular flexibility index (Phi) is 5.49. The third-order valence-electron chi connectivity index (χ3n) is 4.69. The fourth-order valence-electron chi connectivity index (χ4n) is 3.34. The van der Waals surface area contributed by atoms with Gasteiger partial charge in [-0.1, -0.05) is 35.9 Å². The van der Waals surface area contributed by atoms with Crippen LogP contribution in [0.15, 0.2) is 77.6 Å². The summed E-state index contributed by atoms with van der Waals surface area (Å²) in [7, 11) is 0. The van der Waals surface area contributed by atoms with Crippen molar-refractivity contribution in [3.8, 4) is 5.75 Å². The Morgan fingerprint density at radius 1 is 0.897 bits per heavy atom. The molecule has 1 amide bonds. The molecule has 0 aliphatic rings. The number of carbonyl (C=O) groups is 1. The molecule has 1 N–H and O–H groups in total. The van der Waals surface area contributed by atoms with Crippen LogP contribution in [-0.2, 0) is 11.3 Å². The van der Waals surface area contributed by atoms with Crippen molar-refractivity contribution in [3.05, 3.63) is 88.0 Å². The molecule has 0 unspecified atom stereocenters. The average molecular weight is 407 g/mol. The van der Waals surface area contributed by atoms with Crippen LogP contribution in [0.1, 0.15) is 0 Å². The number of rotatable bonds is 6. The van der Waals surface area contributed by atoms with Gasteiger partial charge in [-0.2, -0.15) is 0 Å². The molecular formula is C23H19ClN2O3. The van der Waals surface area contributed by atoms with E-state index in [1.54, 1.807) is 36.4 Å². The van der Waals surface area contributed by atoms with Gasteiger partial charge in [0.05, 0.1) is 17.6 Å². The third kappa shape index (κ3) is 4.10. The Balaban J connectivity index is 1.49. The first-order chi connectivity index (χ1) is 14.1. The first kappa shape index (κ1) is 19.0. The van der Waals surface area contributed by atoms with Crippen molar-refractivity contribution in [1.82, 2.24) is 9.88 Å². The van der Waals surface area contributed by atoms with Gasteiger partial charge in [-0.05, 0) is 48.5 Å². The van der Waals surface area contributed by atoms with E-state index >= 15 is 0 Å². The maximum Gasteiger partial charge on any atom is 0.240 e. The molecule has 0 radical (unpaired) electrons. The van der Waals surface area contributed by atoms with Crippen LogP contribution in [0.5, 0.6) is 5.75 Å². The van der Waals surface area contributed by atoms with E-state index in [9.17, 15) is 9.59 Å². The fourth-order valence-corrected chi connectivity index (χ4v) is 3.46. The molecule has 29 heavy (non-hydrogen) atoms. The number of nitrogens with zero attached hydrogens (tertiary/aromatic N) is 1. The Hall–Kier alpha value is -3.31. The maximum absolute atomic E-state index is 12.8. The van der Waals surface area contributed by atoms with Gasteiger partial charge >= 0.3 is 0 Å². The summed E-state index contributed by atoms with van der Waals surface area (Å²) < 4.78 is 7.47. The van der Waals surface area contributed by atoms with Crippen molar-refractivity contribution in [2.75, 3.05) is 13.2 Å². The highest BCUT2D eigenvalue weighted by Crippen LogP contribution is 2.19. The lowest BCUT2D eigenvalue weighted by atomic mass is 10.1. The lowest BCUT2D eigenvalue weighted by molar-refractivity contribution is -0.121. The van der Waals surface area contributed by atoms with E-state index in [1.807, 2.05) is 41.0 Å². The Morgan fingerprint density at radius 3 is 2.10 bits per heavy atom. The second-order valence-electron chi connectivity index (χ2n) is 6.60. The zero-order valence-corrected chi connectivity index (χ0v) is 16.4. The molecule has 4 aromatic rings. The summed E-state index contributed by atoms with van der Waals surface area (Å²) in [5.74, 6) is 0.546. The first-order valence-corrected chi connectivity index (χ1v) is 9.66. The summed E-state index contributed by atoms with van der Waals surface area (Å²) in [6, 6.07) is 21.8. The minimum absolute atomic E-state index is 0.0239. The van der Waals surface area contributed by atoms with Crippen molar-refractivity contribution in [1.29, 1.82) is 0 Å². The SMILES string of the molecule is O=C(Cn1c2ccccc2c(=O)c2ccccc21)NCCOc1ccc(Cl)cc1. The number of halogens is 1. The molecule has 0 bridgehead atoms. The smallest absolute Gasteiger partial charge is 0.240 e. The molecule has 0 fully saturated rings. The van der Waals surface area contributed by atoms with Crippen molar-refractivity contribution < 1.29 is 9.53 Å². The molecule has 0 atom stereocenters. The number of fused-ring (bicyclic) bond motifs is 2. The van der Waals surface area contributed by atoms with Gasteiger partial charge in [0.2, 0.25) is 5.91 Å². The number of ether oxygens (including phenoxy) is 1. The van der Waals surface area contributed by atoms with E-state index in [2.05, 4.69) is 5.32 Å². The van der Waals surface area contributed by atoms with Gasteiger partial charge in [0, 0.05) is 15.8 Å². The number of nitrogens with one attached hydrogen (secondary N) is 1. The minimum atomic E-state index is -0.149. The fraction of sp³-hybridized carbons (Fsp3) is 0.130. The number of amides is 1. The van der Waals surface area contributed by atoms with Gasteiger partial charge < -0.3 is 14.6 Å². The summed E-state index contributed by atoms with van der Waals surface area (Å²) in [4.78, 5) is 25.3. The second kappa shape index (κ2) is 8.37. The molecule has 6 heteroatoms. The van der Waals surface area contributed by atoms with Gasteiger partial charge in [-0.25, -0.2) is 0 Å². The Morgan fingerprint density at radius 2 is 1.48 bits per heavy atom. The highest BCUT2D eigenvalue weighted by atomic mass is 35.5. The average Bonchev–Trinajstić information content (AvgIpc) is 2.75. The van der Waals surface area contributed by atoms with Crippen molar-refractivity contribution >= 4 is 39.3 Å². The number of hydrogen-bond acceptors (Lipinski definition) is 3. The highest BCUT2D eigenvalue weighted by Gasteiger charge is 2.12. The minimum Gasteiger partial charge on any atom is -0.492 e. The topological polar surface area (TPSA) is 60.3 Å². The lowest BCUT2D eigenvalue weighted by Crippen LogP contribution is -2.31. The van der Waals surface area contributed by atoms with Crippen molar-refractivity contribution in [2.24, 2.45) is 0 Å². The second-order valence-corrected chi connectivity index (χ2v) is 7.04. The molecule has 0 saturated heterocycles. The normalized spacial score (nSPS) is 10.9. The van der Waals surface area contributed by atoms with Gasteiger partial charge in [-0.15, -0.1) is 0 Å². The van der Waals surface area contributed by atoms with Crippen molar-refractivity contribution in [3.63, 3.8) is 0 Å². The summed E-state index contributed by atoms with van der Waals surface area (Å²) in [5, 5.41) is 4.72. The first-order valence-electron chi connectivity index (χ1n) is 9.29. The van der Waals surface area contributed by atoms with E-state index in [4.69, 9.17) is 16.3 Å². The molecule has 4 rings (SSSR count). The molecule has 0 aliphatic heterocycles. The molecule has 1 aromatic heterocycles. The van der Waals surface area contributed by atoms with Crippen LogP contribution in [0.4, 0.5) is 0 Å². The molecule has 0 aliphatic carbocycles. The van der Waals surface area contributed by atoms with Gasteiger partial charge in [0.25, 0.3) is 0 Å². The van der Waals surface area contributed by atoms with E-state index in [0.29, 0.717) is 34.7 Å². The van der Waals surface area contributed by atoms with Crippen LogP contribution in [0.2, 0.25) is 5.02 Å². The summed E-state index contributed by atoms with van der Waals surface area (Å²) >= 11 is 5.85. The zero-order valence-electron chi connectivity index (χ0n) is 15.6. The third-order valence-corrected chi connectivity index (χ3v) is 4.94. The van der Waals surface area contributed by atoms with Gasteiger partial charge in [-0.3, -0.25) is 9.59 Å². The monoisotopic (exact) mass is 406 g/mol. The molecular weight excluding hydrogens is 388 g/mol. The highest BCUT2D eigenvalue weighted by molar-refractivity contribution is 6.30. The van der Waals surface area contributed by atoms with Crippen LogP contribution in [0, 0.1) is 0 Å². The lowest BCUT2D eigenvalue weighted by Gasteiger charge is -2.15. The number of para-hydroxylation sites is 2. The number of hydrogen-bond donors (Lipinski definition) is 1. The van der Waals surface area contributed by atoms with Crippen LogP contribution in [0.3, 0.4) is 0 Å². The quantitative estimate of drug-likeness (QED) is 0.389. The Bertz CT molecular complexity index is 1170. The molecule has 5 nitrogen and oxygen atoms in total. The molecule has 146 valence electrons. The van der Waals surface area contributed by atoms with Gasteiger partial charge in [0.15, 0.2) is 5.43 Å². The number of aromatic nitrogens is 1. The Labute approximate surface area is 172 Å². The van der Waals surface area contributed by atoms with Crippen LogP contribution in [0.25, 0.3) is 21.8 Å². The van der Waals surface area contributed by atoms with E-state index in [1.165, 1.54) is 0 Å². The summed E-state index contributed by atoms with van der Waals surface area (Å²) in [5.41, 5.74) is 1.46. The number of pyridine rings is 1. The van der Waals surface area contributed by atoms with E-state index in [-0.39, 0.29) is 17.9 Å². The van der Waals surface area contributed by atoms with E-state index < -0.39 is 0 Å². The standard InChI is InChI=1S/C23H19ClN2O3/c24-16-9-11-17(12-10-16)29-14-13-25-22(27)15-26-20-7-3-1-5-18(20)23(28)19-6-2-4-8-21(19)26/h1-12H,13-15H2,(H,25,27). The van der Waals surface area contributed by atoms with Gasteiger partial charge in [0.1, 0.15) is 18.9 Å². The van der Waals surface area contributed by atoms with Crippen LogP contribution < -0.4 is 15.5 Å². The molecule has 0 saturated carbocycles. The summed E-state index contributed by atoms with van der Waals surface area (Å²) in [6.07, 6.45) is 0. The molecule has 3 aromatic carbocycles. The number of benzene rings is 3. The van der Waals surface area contributed by atoms with E-state index in [0.717, 1.165) is 11.0 Å². The molecule has 1 heterocycles. The predicted octanol–water partition coefficient (Wildman–Crippen LogP) is 4.00. The maximum atomic E-state index is 12.8. The predicted molar refractivity (Wildman–Crippen MR) is 116 cm³/mol. The number of carbonyl (C=O) groups excluding carboxylic acids is 1. The van der Waals surface area contributed by atoms with Crippen LogP contribution >= 0.6 is 11.6 Å². The molecule has 0 spiro atoms. The van der Waals surface area contributed by atoms with Crippen molar-refractivity contribution in [2.45, 2.75) is 6.54 Å². The zero-order chi connectivity index (χ0) is 20.2. The summed E-state index contributed by atoms with van der Waals surface area (Å²) in [6.45, 7) is 0.832.